The fraction of sp³-hybridized carbons (Fsp3) is 0.615. The van der Waals surface area contributed by atoms with Crippen molar-refractivity contribution in [1.29, 1.82) is 0 Å². The molecule has 0 bridgehead atoms. The lowest BCUT2D eigenvalue weighted by atomic mass is 10.0. The number of amides is 4. The number of nitrogens with one attached hydrogen (secondary N) is 2. The van der Waals surface area contributed by atoms with E-state index in [4.69, 9.17) is 4.74 Å². The first-order chi connectivity index (χ1) is 16.5. The van der Waals surface area contributed by atoms with Gasteiger partial charge < -0.3 is 9.64 Å². The summed E-state index contributed by atoms with van der Waals surface area (Å²) in [7, 11) is 0. The number of rotatable bonds is 13. The van der Waals surface area contributed by atoms with Gasteiger partial charge in [0.15, 0.2) is 0 Å². The number of piperidine rings is 1. The van der Waals surface area contributed by atoms with Crippen molar-refractivity contribution in [3.05, 3.63) is 29.3 Å². The standard InChI is InChI=1S/C26H37N3O5/c1-2-3-4-5-6-7-8-9-10-11-17-34-26(33)27-21-14-12-13-19-20(21)18-29(25(19)32)22-15-16-23(30)28-24(22)31/h12-14,22H,2-11,15-18H2,1H3,(H,27,33)(H,28,30,31). The molecule has 1 aromatic carbocycles. The number of carbonyl (C=O) groups is 4. The smallest absolute Gasteiger partial charge is 0.411 e. The van der Waals surface area contributed by atoms with Crippen LogP contribution in [-0.4, -0.2) is 41.4 Å². The van der Waals surface area contributed by atoms with Gasteiger partial charge in [-0.15, -0.1) is 0 Å². The van der Waals surface area contributed by atoms with Crippen molar-refractivity contribution in [2.45, 2.75) is 96.6 Å². The summed E-state index contributed by atoms with van der Waals surface area (Å²) < 4.78 is 5.33. The van der Waals surface area contributed by atoms with Gasteiger partial charge in [-0.3, -0.25) is 25.0 Å². The van der Waals surface area contributed by atoms with Crippen molar-refractivity contribution in [2.24, 2.45) is 0 Å². The van der Waals surface area contributed by atoms with Gasteiger partial charge in [-0.2, -0.15) is 0 Å². The Kier molecular flexibility index (Phi) is 9.91. The third kappa shape index (κ3) is 7.05. The van der Waals surface area contributed by atoms with Crippen molar-refractivity contribution in [3.63, 3.8) is 0 Å². The molecule has 1 aromatic rings. The average Bonchev–Trinajstić information content (AvgIpc) is 3.15. The maximum absolute atomic E-state index is 12.9. The lowest BCUT2D eigenvalue weighted by Gasteiger charge is -2.29. The molecule has 1 saturated heterocycles. The largest absolute Gasteiger partial charge is 0.449 e. The maximum atomic E-state index is 12.9. The Bertz CT molecular complexity index is 885. The molecule has 0 spiro atoms. The van der Waals surface area contributed by atoms with Crippen molar-refractivity contribution in [3.8, 4) is 0 Å². The Morgan fingerprint density at radius 1 is 1.03 bits per heavy atom. The van der Waals surface area contributed by atoms with Gasteiger partial charge in [0.1, 0.15) is 6.04 Å². The van der Waals surface area contributed by atoms with Crippen LogP contribution in [0.1, 0.15) is 99.9 Å². The van der Waals surface area contributed by atoms with Gasteiger partial charge in [0.25, 0.3) is 5.91 Å². The minimum absolute atomic E-state index is 0.201. The average molecular weight is 472 g/mol. The van der Waals surface area contributed by atoms with E-state index in [0.29, 0.717) is 29.8 Å². The van der Waals surface area contributed by atoms with Crippen LogP contribution in [0, 0.1) is 0 Å². The molecule has 1 atom stereocenters. The van der Waals surface area contributed by atoms with E-state index in [9.17, 15) is 19.2 Å². The van der Waals surface area contributed by atoms with Crippen LogP contribution in [0.4, 0.5) is 10.5 Å². The van der Waals surface area contributed by atoms with Gasteiger partial charge in [0.2, 0.25) is 11.8 Å². The Morgan fingerprint density at radius 3 is 2.38 bits per heavy atom. The number of ether oxygens (including phenoxy) is 1. The molecule has 186 valence electrons. The number of unbranched alkanes of at least 4 members (excludes halogenated alkanes) is 9. The summed E-state index contributed by atoms with van der Waals surface area (Å²) in [5, 5.41) is 5.04. The molecule has 2 aliphatic rings. The molecule has 2 N–H and O–H groups in total. The molecule has 0 aliphatic carbocycles. The zero-order valence-electron chi connectivity index (χ0n) is 20.2. The molecule has 0 radical (unpaired) electrons. The number of hydrogen-bond acceptors (Lipinski definition) is 5. The first-order valence-corrected chi connectivity index (χ1v) is 12.7. The van der Waals surface area contributed by atoms with Gasteiger partial charge >= 0.3 is 6.09 Å². The summed E-state index contributed by atoms with van der Waals surface area (Å²) in [5.41, 5.74) is 1.62. The normalized spacial score (nSPS) is 17.5. The predicted octanol–water partition coefficient (Wildman–Crippen LogP) is 4.92. The zero-order valence-corrected chi connectivity index (χ0v) is 20.2. The SMILES string of the molecule is CCCCCCCCCCCCOC(=O)Nc1cccc2c1CN(C1CCC(=O)NC1=O)C2=O. The molecule has 4 amide bonds. The topological polar surface area (TPSA) is 105 Å². The van der Waals surface area contributed by atoms with Crippen LogP contribution < -0.4 is 10.6 Å². The molecule has 1 fully saturated rings. The van der Waals surface area contributed by atoms with Crippen LogP contribution in [0.2, 0.25) is 0 Å². The van der Waals surface area contributed by atoms with Gasteiger partial charge in [0, 0.05) is 29.8 Å². The Labute approximate surface area is 201 Å². The van der Waals surface area contributed by atoms with E-state index in [1.807, 2.05) is 0 Å². The van der Waals surface area contributed by atoms with E-state index >= 15 is 0 Å². The number of imide groups is 1. The highest BCUT2D eigenvalue weighted by Crippen LogP contribution is 2.32. The van der Waals surface area contributed by atoms with Gasteiger partial charge in [0.05, 0.1) is 6.61 Å². The minimum atomic E-state index is -0.686. The maximum Gasteiger partial charge on any atom is 0.411 e. The van der Waals surface area contributed by atoms with Crippen LogP contribution in [0.5, 0.6) is 0 Å². The lowest BCUT2D eigenvalue weighted by molar-refractivity contribution is -0.136. The molecule has 2 aliphatic heterocycles. The number of anilines is 1. The molecule has 1 unspecified atom stereocenters. The summed E-state index contributed by atoms with van der Waals surface area (Å²) in [4.78, 5) is 50.3. The molecule has 8 heteroatoms. The van der Waals surface area contributed by atoms with Crippen LogP contribution in [-0.2, 0) is 20.9 Å². The Morgan fingerprint density at radius 2 is 1.71 bits per heavy atom. The fourth-order valence-corrected chi connectivity index (χ4v) is 4.60. The number of hydrogen-bond donors (Lipinski definition) is 2. The molecular weight excluding hydrogens is 434 g/mol. The van der Waals surface area contributed by atoms with Crippen molar-refractivity contribution in [1.82, 2.24) is 10.2 Å². The summed E-state index contributed by atoms with van der Waals surface area (Å²) in [6.07, 6.45) is 12.1. The first kappa shape index (κ1) is 25.7. The van der Waals surface area contributed by atoms with Gasteiger partial charge in [-0.1, -0.05) is 70.8 Å². The number of benzene rings is 1. The highest BCUT2D eigenvalue weighted by molar-refractivity contribution is 6.06. The molecule has 8 nitrogen and oxygen atoms in total. The number of fused-ring (bicyclic) bond motifs is 1. The first-order valence-electron chi connectivity index (χ1n) is 12.7. The Balaban J connectivity index is 1.39. The monoisotopic (exact) mass is 471 g/mol. The van der Waals surface area contributed by atoms with E-state index in [-0.39, 0.29) is 24.8 Å². The van der Waals surface area contributed by atoms with E-state index in [2.05, 4.69) is 17.6 Å². The molecule has 3 rings (SSSR count). The molecule has 2 heterocycles. The van der Waals surface area contributed by atoms with Crippen molar-refractivity contribution < 1.29 is 23.9 Å². The third-order valence-corrected chi connectivity index (χ3v) is 6.55. The van der Waals surface area contributed by atoms with E-state index in [1.54, 1.807) is 18.2 Å². The van der Waals surface area contributed by atoms with Gasteiger partial charge in [-0.25, -0.2) is 4.79 Å². The lowest BCUT2D eigenvalue weighted by Crippen LogP contribution is -2.52. The van der Waals surface area contributed by atoms with Crippen molar-refractivity contribution in [2.75, 3.05) is 11.9 Å². The second-order valence-corrected chi connectivity index (χ2v) is 9.17. The van der Waals surface area contributed by atoms with Crippen LogP contribution in [0.25, 0.3) is 0 Å². The zero-order chi connectivity index (χ0) is 24.3. The fourth-order valence-electron chi connectivity index (χ4n) is 4.60. The molecular formula is C26H37N3O5. The number of carbonyl (C=O) groups excluding carboxylic acids is 4. The summed E-state index contributed by atoms with van der Waals surface area (Å²) in [5.74, 6) is -1.05. The second kappa shape index (κ2) is 13.1. The minimum Gasteiger partial charge on any atom is -0.449 e. The predicted molar refractivity (Wildman–Crippen MR) is 129 cm³/mol. The highest BCUT2D eigenvalue weighted by Gasteiger charge is 2.39. The summed E-state index contributed by atoms with van der Waals surface area (Å²) >= 11 is 0. The van der Waals surface area contributed by atoms with Crippen LogP contribution in [0.15, 0.2) is 18.2 Å². The number of nitrogens with zero attached hydrogens (tertiary/aromatic N) is 1. The molecule has 34 heavy (non-hydrogen) atoms. The quantitative estimate of drug-likeness (QED) is 0.314. The third-order valence-electron chi connectivity index (χ3n) is 6.55. The van der Waals surface area contributed by atoms with E-state index in [0.717, 1.165) is 19.3 Å². The van der Waals surface area contributed by atoms with Crippen LogP contribution >= 0.6 is 0 Å². The van der Waals surface area contributed by atoms with Crippen molar-refractivity contribution >= 4 is 29.5 Å². The summed E-state index contributed by atoms with van der Waals surface area (Å²) in [6, 6.07) is 4.42. The van der Waals surface area contributed by atoms with Crippen LogP contribution in [0.3, 0.4) is 0 Å². The molecule has 0 aromatic heterocycles. The van der Waals surface area contributed by atoms with E-state index in [1.165, 1.54) is 49.8 Å². The summed E-state index contributed by atoms with van der Waals surface area (Å²) in [6.45, 7) is 2.79. The Hall–Kier alpha value is -2.90. The van der Waals surface area contributed by atoms with Gasteiger partial charge in [-0.05, 0) is 25.0 Å². The second-order valence-electron chi connectivity index (χ2n) is 9.17. The molecule has 0 saturated carbocycles. The van der Waals surface area contributed by atoms with E-state index < -0.39 is 18.0 Å². The highest BCUT2D eigenvalue weighted by atomic mass is 16.5.